The molecular formula is C18H27N3O5S. The third-order valence-corrected chi connectivity index (χ3v) is 6.51. The van der Waals surface area contributed by atoms with Crippen molar-refractivity contribution in [1.29, 1.82) is 0 Å². The van der Waals surface area contributed by atoms with Crippen molar-refractivity contribution in [2.45, 2.75) is 24.5 Å². The second kappa shape index (κ2) is 8.14. The second-order valence-electron chi connectivity index (χ2n) is 7.18. The lowest BCUT2D eigenvalue weighted by Crippen LogP contribution is -2.53. The van der Waals surface area contributed by atoms with E-state index in [9.17, 15) is 18.3 Å². The fraction of sp³-hybridized carbons (Fsp3) is 0.611. The van der Waals surface area contributed by atoms with Crippen LogP contribution < -0.4 is 5.32 Å². The molecule has 2 amide bonds. The third kappa shape index (κ3) is 4.98. The largest absolute Gasteiger partial charge is 0.385 e. The van der Waals surface area contributed by atoms with Gasteiger partial charge in [0.25, 0.3) is 0 Å². The number of ether oxygens (including phenoxy) is 1. The number of aliphatic hydroxyl groups is 1. The number of hydrogen-bond donors (Lipinski definition) is 2. The van der Waals surface area contributed by atoms with E-state index in [1.165, 1.54) is 10.6 Å². The zero-order chi connectivity index (χ0) is 19.5. The van der Waals surface area contributed by atoms with Gasteiger partial charge in [0.1, 0.15) is 0 Å². The number of benzene rings is 1. The van der Waals surface area contributed by atoms with Gasteiger partial charge in [-0.15, -0.1) is 0 Å². The van der Waals surface area contributed by atoms with E-state index in [-0.39, 0.29) is 25.2 Å². The van der Waals surface area contributed by atoms with Crippen molar-refractivity contribution in [3.63, 3.8) is 0 Å². The summed E-state index contributed by atoms with van der Waals surface area (Å²) in [5, 5.41) is 13.7. The van der Waals surface area contributed by atoms with Gasteiger partial charge >= 0.3 is 6.03 Å². The Morgan fingerprint density at radius 1 is 1.26 bits per heavy atom. The Balaban J connectivity index is 1.47. The van der Waals surface area contributed by atoms with Gasteiger partial charge in [-0.05, 0) is 18.4 Å². The van der Waals surface area contributed by atoms with E-state index in [0.717, 1.165) is 5.56 Å². The van der Waals surface area contributed by atoms with E-state index in [1.54, 1.807) is 4.90 Å². The fourth-order valence-electron chi connectivity index (χ4n) is 3.55. The average Bonchev–Trinajstić information content (AvgIpc) is 2.67. The van der Waals surface area contributed by atoms with Gasteiger partial charge in [0.05, 0.1) is 24.6 Å². The van der Waals surface area contributed by atoms with Crippen LogP contribution in [0.3, 0.4) is 0 Å². The molecule has 2 fully saturated rings. The van der Waals surface area contributed by atoms with Gasteiger partial charge < -0.3 is 20.1 Å². The Labute approximate surface area is 160 Å². The van der Waals surface area contributed by atoms with E-state index in [1.807, 2.05) is 30.3 Å². The Bertz CT molecular complexity index is 748. The summed E-state index contributed by atoms with van der Waals surface area (Å²) < 4.78 is 30.2. The maximum Gasteiger partial charge on any atom is 0.317 e. The summed E-state index contributed by atoms with van der Waals surface area (Å²) in [6.07, 6.45) is 1.78. The van der Waals surface area contributed by atoms with E-state index >= 15 is 0 Å². The molecular weight excluding hydrogens is 370 g/mol. The van der Waals surface area contributed by atoms with Crippen LogP contribution in [0.4, 0.5) is 4.79 Å². The molecule has 0 radical (unpaired) electrons. The molecule has 150 valence electrons. The van der Waals surface area contributed by atoms with Crippen LogP contribution in [-0.2, 0) is 20.4 Å². The third-order valence-electron chi connectivity index (χ3n) is 5.24. The summed E-state index contributed by atoms with van der Waals surface area (Å²) in [5.74, 6) is 0. The number of morpholine rings is 1. The standard InChI is InChI=1S/C18H27N3O5S/c1-27(24,25)21-11-12-26-16(14-21)13-19-17(22)20-9-7-18(23,8-10-20)15-5-3-2-4-6-15/h2-6,16,23H,7-14H2,1H3,(H,19,22)/t16-/m1/s1. The zero-order valence-electron chi connectivity index (χ0n) is 15.5. The second-order valence-corrected chi connectivity index (χ2v) is 9.17. The number of sulfonamides is 1. The first-order valence-electron chi connectivity index (χ1n) is 9.15. The maximum absolute atomic E-state index is 12.4. The highest BCUT2D eigenvalue weighted by Gasteiger charge is 2.35. The quantitative estimate of drug-likeness (QED) is 0.763. The molecule has 3 rings (SSSR count). The van der Waals surface area contributed by atoms with Crippen molar-refractivity contribution in [1.82, 2.24) is 14.5 Å². The molecule has 27 heavy (non-hydrogen) atoms. The highest BCUT2D eigenvalue weighted by molar-refractivity contribution is 7.88. The van der Waals surface area contributed by atoms with Crippen LogP contribution >= 0.6 is 0 Å². The Morgan fingerprint density at radius 2 is 1.93 bits per heavy atom. The molecule has 8 nitrogen and oxygen atoms in total. The van der Waals surface area contributed by atoms with Gasteiger partial charge in [0, 0.05) is 32.7 Å². The molecule has 2 saturated heterocycles. The van der Waals surface area contributed by atoms with Crippen molar-refractivity contribution in [3.8, 4) is 0 Å². The highest BCUT2D eigenvalue weighted by atomic mass is 32.2. The molecule has 0 bridgehead atoms. The number of rotatable bonds is 4. The molecule has 0 spiro atoms. The van der Waals surface area contributed by atoms with Crippen LogP contribution in [0.25, 0.3) is 0 Å². The molecule has 2 heterocycles. The van der Waals surface area contributed by atoms with Gasteiger partial charge in [-0.25, -0.2) is 13.2 Å². The lowest BCUT2D eigenvalue weighted by Gasteiger charge is -2.39. The number of urea groups is 1. The molecule has 9 heteroatoms. The predicted molar refractivity (Wildman–Crippen MR) is 101 cm³/mol. The SMILES string of the molecule is CS(=O)(=O)N1CCO[C@H](CNC(=O)N2CCC(O)(c3ccccc3)CC2)C1. The van der Waals surface area contributed by atoms with Gasteiger partial charge in [-0.2, -0.15) is 4.31 Å². The predicted octanol–water partition coefficient (Wildman–Crippen LogP) is 0.340. The number of hydrogen-bond acceptors (Lipinski definition) is 5. The van der Waals surface area contributed by atoms with Crippen molar-refractivity contribution in [2.24, 2.45) is 0 Å². The minimum atomic E-state index is -3.25. The molecule has 0 aromatic heterocycles. The van der Waals surface area contributed by atoms with Crippen LogP contribution in [0.5, 0.6) is 0 Å². The van der Waals surface area contributed by atoms with Crippen molar-refractivity contribution in [3.05, 3.63) is 35.9 Å². The zero-order valence-corrected chi connectivity index (χ0v) is 16.3. The van der Waals surface area contributed by atoms with E-state index in [2.05, 4.69) is 5.32 Å². The first-order chi connectivity index (χ1) is 12.8. The Morgan fingerprint density at radius 3 is 2.56 bits per heavy atom. The lowest BCUT2D eigenvalue weighted by molar-refractivity contribution is -0.0186. The highest BCUT2D eigenvalue weighted by Crippen LogP contribution is 2.32. The number of piperidine rings is 1. The minimum absolute atomic E-state index is 0.217. The first kappa shape index (κ1) is 20.1. The summed E-state index contributed by atoms with van der Waals surface area (Å²) in [6, 6.07) is 9.30. The van der Waals surface area contributed by atoms with E-state index in [0.29, 0.717) is 39.1 Å². The number of carbonyl (C=O) groups is 1. The van der Waals surface area contributed by atoms with Crippen LogP contribution in [0.2, 0.25) is 0 Å². The minimum Gasteiger partial charge on any atom is -0.385 e. The Hall–Kier alpha value is -1.68. The van der Waals surface area contributed by atoms with E-state index < -0.39 is 15.6 Å². The van der Waals surface area contributed by atoms with E-state index in [4.69, 9.17) is 4.74 Å². The van der Waals surface area contributed by atoms with Crippen molar-refractivity contribution in [2.75, 3.05) is 45.6 Å². The van der Waals surface area contributed by atoms with Gasteiger partial charge in [-0.3, -0.25) is 0 Å². The van der Waals surface area contributed by atoms with Crippen LogP contribution in [0, 0.1) is 0 Å². The monoisotopic (exact) mass is 397 g/mol. The lowest BCUT2D eigenvalue weighted by atomic mass is 9.84. The summed E-state index contributed by atoms with van der Waals surface area (Å²) in [7, 11) is -3.25. The number of likely N-dealkylation sites (tertiary alicyclic amines) is 1. The molecule has 0 unspecified atom stereocenters. The molecule has 2 aliphatic rings. The van der Waals surface area contributed by atoms with Crippen molar-refractivity contribution >= 4 is 16.1 Å². The normalized spacial score (nSPS) is 23.8. The summed E-state index contributed by atoms with van der Waals surface area (Å²) in [4.78, 5) is 14.1. The smallest absolute Gasteiger partial charge is 0.317 e. The van der Waals surface area contributed by atoms with Gasteiger partial charge in [0.2, 0.25) is 10.0 Å². The number of nitrogens with one attached hydrogen (secondary N) is 1. The van der Waals surface area contributed by atoms with Crippen LogP contribution in [0.1, 0.15) is 18.4 Å². The maximum atomic E-state index is 12.4. The topological polar surface area (TPSA) is 99.2 Å². The molecule has 2 N–H and O–H groups in total. The molecule has 1 atom stereocenters. The van der Waals surface area contributed by atoms with Gasteiger partial charge in [0.15, 0.2) is 0 Å². The van der Waals surface area contributed by atoms with Crippen molar-refractivity contribution < 1.29 is 23.1 Å². The van der Waals surface area contributed by atoms with Crippen LogP contribution in [-0.4, -0.2) is 80.5 Å². The first-order valence-corrected chi connectivity index (χ1v) is 11.0. The molecule has 1 aromatic rings. The fourth-order valence-corrected chi connectivity index (χ4v) is 4.39. The average molecular weight is 397 g/mol. The molecule has 0 aliphatic carbocycles. The van der Waals surface area contributed by atoms with Gasteiger partial charge in [-0.1, -0.05) is 30.3 Å². The summed E-state index contributed by atoms with van der Waals surface area (Å²) in [5.41, 5.74) is -0.0259. The summed E-state index contributed by atoms with van der Waals surface area (Å²) >= 11 is 0. The summed E-state index contributed by atoms with van der Waals surface area (Å²) in [6.45, 7) is 2.07. The molecule has 2 aliphatic heterocycles. The Kier molecular flexibility index (Phi) is 6.05. The van der Waals surface area contributed by atoms with Crippen LogP contribution in [0.15, 0.2) is 30.3 Å². The number of amides is 2. The number of nitrogens with zero attached hydrogens (tertiary/aromatic N) is 2. The number of carbonyl (C=O) groups excluding carboxylic acids is 1. The molecule has 0 saturated carbocycles. The molecule has 1 aromatic carbocycles.